The molecule has 0 spiro atoms. The van der Waals surface area contributed by atoms with Gasteiger partial charge in [0.2, 0.25) is 0 Å². The molecular formula is C91H89N11O10. The zero-order chi connectivity index (χ0) is 79.8. The first kappa shape index (κ1) is 80.5. The number of aromatic nitrogens is 4. The van der Waals surface area contributed by atoms with Crippen LogP contribution in [0.25, 0.3) is 90.9 Å². The van der Waals surface area contributed by atoms with E-state index in [4.69, 9.17) is 53.3 Å². The van der Waals surface area contributed by atoms with Gasteiger partial charge in [-0.15, -0.1) is 0 Å². The Kier molecular flexibility index (Phi) is 27.8. The number of rotatable bonds is 9. The van der Waals surface area contributed by atoms with E-state index in [0.717, 1.165) is 162 Å². The van der Waals surface area contributed by atoms with Crippen molar-refractivity contribution < 1.29 is 49.5 Å². The van der Waals surface area contributed by atoms with Crippen molar-refractivity contribution in [2.75, 3.05) is 49.1 Å². The fourth-order valence-electron chi connectivity index (χ4n) is 12.4. The predicted molar refractivity (Wildman–Crippen MR) is 450 cm³/mol. The smallest absolute Gasteiger partial charge is 0.335 e. The lowest BCUT2D eigenvalue weighted by Crippen LogP contribution is -2.26. The Morgan fingerprint density at radius 3 is 0.759 bits per heavy atom. The Hall–Kier alpha value is -14.0. The summed E-state index contributed by atoms with van der Waals surface area (Å²) in [7, 11) is 0. The molecular weight excluding hydrogens is 1410 g/mol. The van der Waals surface area contributed by atoms with Crippen LogP contribution in [0, 0.1) is 27.7 Å². The molecule has 3 aromatic heterocycles. The summed E-state index contributed by atoms with van der Waals surface area (Å²) in [4.78, 5) is 70.5. The van der Waals surface area contributed by atoms with Gasteiger partial charge in [-0.1, -0.05) is 150 Å². The molecule has 0 fully saturated rings. The lowest BCUT2D eigenvalue weighted by atomic mass is 10.0. The molecule has 0 saturated carbocycles. The van der Waals surface area contributed by atoms with Crippen molar-refractivity contribution in [1.82, 2.24) is 35.9 Å². The van der Waals surface area contributed by atoms with Crippen molar-refractivity contribution in [2.45, 2.75) is 53.6 Å². The molecule has 0 saturated heterocycles. The summed E-state index contributed by atoms with van der Waals surface area (Å²) in [5.74, 6) is -4.36. The number of carbonyl (C=O) groups is 5. The molecule has 3 aliphatic heterocycles. The van der Waals surface area contributed by atoms with Gasteiger partial charge in [-0.2, -0.15) is 0 Å². The number of hydrogen-bond donors (Lipinski definition) is 14. The Morgan fingerprint density at radius 2 is 0.527 bits per heavy atom. The van der Waals surface area contributed by atoms with Gasteiger partial charge in [0.05, 0.1) is 50.6 Å². The molecule has 9 aromatic carbocycles. The Labute approximate surface area is 648 Å². The standard InChI is InChI=1S/C44H34N8.C15H23N3O2.4C8H8O2/c45-29-13-5-1-9-25(29)41-33-17-19-35(49-33)42(26-10-2-6-14-30(26)46)37-21-23-39(51-37)44(28-12-4-8-16-32(28)48)40-24-22-38(52-40)43(36-20-18-34(41)50-36)27-11-3-7-15-31(27)47;19-15(20)14-8-12-7-13(9-14)11-18-6-2-4-16-3-1-5-17-10-12;4*1-6-2-4-7(5-3-6)8(9)10/h1-24,49,52H,45-48H2;7-9,16-18H,1-6,10-11H2,(H,19,20);4*2-5H,1H3,(H,9,10). The second-order valence-corrected chi connectivity index (χ2v) is 26.7. The number of nitrogens with two attached hydrogens (primary N) is 4. The molecule has 112 heavy (non-hydrogen) atoms. The molecule has 0 atom stereocenters. The molecule has 21 heteroatoms. The molecule has 18 N–H and O–H groups in total. The molecule has 0 radical (unpaired) electrons. The SMILES string of the molecule is Cc1ccc(C(=O)O)cc1.Cc1ccc(C(=O)O)cc1.Cc1ccc(C(=O)O)cc1.Cc1ccc(C(=O)O)cc1.Nc1ccccc1-c1c2nc(c(-c3ccccc3N)c3ccc([nH]3)c(-c3ccccc3N)c3nc(c(-c4ccccc4N)c4ccc1[nH]4)C=C3)C=C2.O=C(O)c1cc2cc(c1)CNCCCNCCCNC2. The summed E-state index contributed by atoms with van der Waals surface area (Å²) in [6.07, 6.45) is 10.3. The van der Waals surface area contributed by atoms with Crippen molar-refractivity contribution >= 4 is 99.0 Å². The van der Waals surface area contributed by atoms with Gasteiger partial charge in [0, 0.05) is 102 Å². The van der Waals surface area contributed by atoms with E-state index in [2.05, 4.69) is 56.3 Å². The number of aromatic carboxylic acids is 5. The lowest BCUT2D eigenvalue weighted by molar-refractivity contribution is 0.0686. The number of anilines is 4. The van der Waals surface area contributed by atoms with E-state index in [1.165, 1.54) is 0 Å². The number of H-pyrrole nitrogens is 2. The van der Waals surface area contributed by atoms with E-state index in [0.29, 0.717) is 63.7 Å². The summed E-state index contributed by atoms with van der Waals surface area (Å²) in [6, 6.07) is 72.2. The van der Waals surface area contributed by atoms with Crippen LogP contribution in [0.2, 0.25) is 0 Å². The van der Waals surface area contributed by atoms with Gasteiger partial charge in [0.1, 0.15) is 0 Å². The number of aryl methyl sites for hydroxylation is 4. The van der Waals surface area contributed by atoms with Crippen LogP contribution in [0.4, 0.5) is 22.7 Å². The summed E-state index contributed by atoms with van der Waals surface area (Å²) in [5.41, 5.74) is 50.6. The highest BCUT2D eigenvalue weighted by atomic mass is 16.4. The van der Waals surface area contributed by atoms with E-state index >= 15 is 0 Å². The third kappa shape index (κ3) is 21.7. The zero-order valence-corrected chi connectivity index (χ0v) is 62.5. The van der Waals surface area contributed by atoms with E-state index in [1.807, 2.05) is 149 Å². The minimum Gasteiger partial charge on any atom is -0.478 e. The number of hydrogen-bond acceptors (Lipinski definition) is 14. The van der Waals surface area contributed by atoms with Crippen LogP contribution >= 0.6 is 0 Å². The van der Waals surface area contributed by atoms with Gasteiger partial charge in [0.25, 0.3) is 0 Å². The monoisotopic (exact) mass is 1500 g/mol. The van der Waals surface area contributed by atoms with Crippen molar-refractivity contribution in [3.05, 3.63) is 321 Å². The molecule has 21 nitrogen and oxygen atoms in total. The van der Waals surface area contributed by atoms with E-state index in [-0.39, 0.29) is 0 Å². The minimum absolute atomic E-state index is 0.339. The van der Waals surface area contributed by atoms with Crippen LogP contribution in [-0.4, -0.2) is 101 Å². The summed E-state index contributed by atoms with van der Waals surface area (Å²) >= 11 is 0. The van der Waals surface area contributed by atoms with Gasteiger partial charge in [-0.3, -0.25) is 0 Å². The van der Waals surface area contributed by atoms with Crippen LogP contribution in [0.3, 0.4) is 0 Å². The normalized spacial score (nSPS) is 12.1. The Balaban J connectivity index is 0.000000178. The molecule has 6 heterocycles. The van der Waals surface area contributed by atoms with Crippen LogP contribution in [0.15, 0.2) is 237 Å². The quantitative estimate of drug-likeness (QED) is 0.0597. The second kappa shape index (κ2) is 38.7. The maximum absolute atomic E-state index is 11.2. The van der Waals surface area contributed by atoms with Gasteiger partial charge < -0.3 is 74.4 Å². The largest absolute Gasteiger partial charge is 0.478 e. The van der Waals surface area contributed by atoms with Gasteiger partial charge >= 0.3 is 29.8 Å². The topological polar surface area (TPSA) is 384 Å². The molecule has 0 amide bonds. The Bertz CT molecular complexity index is 4970. The number of nitrogens with zero attached hydrogens (tertiary/aromatic N) is 2. The molecule has 0 unspecified atom stereocenters. The van der Waals surface area contributed by atoms with E-state index in [9.17, 15) is 29.1 Å². The number of nitrogen functional groups attached to an aromatic ring is 4. The first-order valence-corrected chi connectivity index (χ1v) is 36.2. The van der Waals surface area contributed by atoms with E-state index < -0.39 is 29.8 Å². The van der Waals surface area contributed by atoms with Crippen LogP contribution in [-0.2, 0) is 13.1 Å². The number of carboxylic acid groups (broad SMARTS) is 5. The molecule has 10 bridgehead atoms. The molecule has 15 rings (SSSR count). The van der Waals surface area contributed by atoms with E-state index in [1.54, 1.807) is 109 Å². The first-order valence-electron chi connectivity index (χ1n) is 36.2. The maximum Gasteiger partial charge on any atom is 0.335 e. The number of carboxylic acids is 5. The van der Waals surface area contributed by atoms with Crippen LogP contribution in [0.5, 0.6) is 0 Å². The van der Waals surface area contributed by atoms with Crippen LogP contribution in [0.1, 0.15) is 121 Å². The van der Waals surface area contributed by atoms with Crippen LogP contribution < -0.4 is 38.9 Å². The molecule has 568 valence electrons. The van der Waals surface area contributed by atoms with Crippen molar-refractivity contribution in [1.29, 1.82) is 0 Å². The number of benzene rings is 9. The average molecular weight is 1500 g/mol. The Morgan fingerprint density at radius 1 is 0.295 bits per heavy atom. The molecule has 12 aromatic rings. The minimum atomic E-state index is -0.875. The van der Waals surface area contributed by atoms with Gasteiger partial charge in [0.15, 0.2) is 0 Å². The highest BCUT2D eigenvalue weighted by molar-refractivity contribution is 6.03. The highest BCUT2D eigenvalue weighted by Crippen LogP contribution is 2.42. The first-order chi connectivity index (χ1) is 54.0. The zero-order valence-electron chi connectivity index (χ0n) is 62.5. The maximum atomic E-state index is 11.2. The predicted octanol–water partition coefficient (Wildman–Crippen LogP) is 17.4. The number of para-hydroxylation sites is 4. The third-order valence-corrected chi connectivity index (χ3v) is 18.2. The summed E-state index contributed by atoms with van der Waals surface area (Å²) in [6.45, 7) is 13.0. The van der Waals surface area contributed by atoms with Crippen molar-refractivity contribution in [3.8, 4) is 44.5 Å². The lowest BCUT2D eigenvalue weighted by Gasteiger charge is -2.12. The fourth-order valence-corrected chi connectivity index (χ4v) is 12.4. The number of nitrogens with one attached hydrogen (secondary N) is 5. The molecule has 3 aliphatic rings. The molecule has 0 aliphatic carbocycles. The summed E-state index contributed by atoms with van der Waals surface area (Å²) < 4.78 is 0. The number of fused-ring (bicyclic) bond motifs is 10. The van der Waals surface area contributed by atoms with Gasteiger partial charge in [-0.25, -0.2) is 33.9 Å². The summed E-state index contributed by atoms with van der Waals surface area (Å²) in [5, 5.41) is 53.2. The number of aromatic amines is 2. The van der Waals surface area contributed by atoms with Gasteiger partial charge in [-0.05, 0) is 211 Å². The van der Waals surface area contributed by atoms with Crippen molar-refractivity contribution in [2.24, 2.45) is 0 Å². The second-order valence-electron chi connectivity index (χ2n) is 26.7. The fraction of sp³-hybridized carbons (Fsp3) is 0.132. The van der Waals surface area contributed by atoms with Crippen molar-refractivity contribution in [3.63, 3.8) is 0 Å². The third-order valence-electron chi connectivity index (χ3n) is 18.2. The average Bonchev–Trinajstić information content (AvgIpc) is 1.60. The highest BCUT2D eigenvalue weighted by Gasteiger charge is 2.22.